The van der Waals surface area contributed by atoms with E-state index in [-0.39, 0.29) is 0 Å². The van der Waals surface area contributed by atoms with Crippen molar-refractivity contribution in [1.82, 2.24) is 14.8 Å². The van der Waals surface area contributed by atoms with Crippen molar-refractivity contribution in [2.75, 3.05) is 13.1 Å². The topological polar surface area (TPSA) is 111 Å². The summed E-state index contributed by atoms with van der Waals surface area (Å²) in [5.74, 6) is -4.41. The fourth-order valence-electron chi connectivity index (χ4n) is 4.16. The highest BCUT2D eigenvalue weighted by Crippen LogP contribution is 2.37. The first kappa shape index (κ1) is 29.3. The molecule has 1 amide bonds. The Morgan fingerprint density at radius 1 is 0.917 bits per heavy atom. The van der Waals surface area contributed by atoms with Gasteiger partial charge < -0.3 is 15.1 Å². The van der Waals surface area contributed by atoms with E-state index in [9.17, 15) is 31.1 Å². The lowest BCUT2D eigenvalue weighted by Gasteiger charge is -2.25. The van der Waals surface area contributed by atoms with Crippen molar-refractivity contribution < 1.29 is 50.9 Å². The number of nitrogens with zero attached hydrogens (tertiary/aromatic N) is 3. The number of carbonyl (C=O) groups excluding carboxylic acids is 1. The van der Waals surface area contributed by atoms with E-state index in [1.54, 1.807) is 0 Å². The number of amides is 1. The molecule has 2 atom stereocenters. The number of rotatable bonds is 4. The summed E-state index contributed by atoms with van der Waals surface area (Å²) in [5, 5.41) is 14.2. The van der Waals surface area contributed by atoms with Crippen LogP contribution in [-0.4, -0.2) is 80.4 Å². The Hall–Kier alpha value is -2.90. The van der Waals surface area contributed by atoms with Crippen LogP contribution in [0, 0.1) is 12.8 Å². The predicted octanol–water partition coefficient (Wildman–Crippen LogP) is 3.63. The quantitative estimate of drug-likeness (QED) is 0.576. The van der Waals surface area contributed by atoms with E-state index in [0.29, 0.717) is 23.9 Å². The van der Waals surface area contributed by atoms with Crippen molar-refractivity contribution in [2.24, 2.45) is 5.92 Å². The lowest BCUT2D eigenvalue weighted by atomic mass is 10.1. The van der Waals surface area contributed by atoms with Crippen molar-refractivity contribution in [3.05, 3.63) is 29.6 Å². The van der Waals surface area contributed by atoms with Gasteiger partial charge in [-0.1, -0.05) is 6.07 Å². The normalized spacial score (nSPS) is 21.6. The van der Waals surface area contributed by atoms with Crippen LogP contribution in [0.1, 0.15) is 43.5 Å². The molecule has 2 saturated heterocycles. The van der Waals surface area contributed by atoms with Crippen LogP contribution in [0.3, 0.4) is 0 Å². The molecule has 4 rings (SSSR count). The zero-order chi connectivity index (χ0) is 27.3. The molecule has 1 aromatic heterocycles. The van der Waals surface area contributed by atoms with Gasteiger partial charge >= 0.3 is 24.3 Å². The average Bonchev–Trinajstić information content (AvgIpc) is 3.32. The molecule has 14 heteroatoms. The second kappa shape index (κ2) is 11.9. The number of carbonyl (C=O) groups is 3. The number of halogens is 6. The fraction of sp³-hybridized carbons (Fsp3) is 0.636. The molecule has 0 radical (unpaired) electrons. The third-order valence-electron chi connectivity index (χ3n) is 5.97. The summed E-state index contributed by atoms with van der Waals surface area (Å²) in [6, 6.07) is 7.25. The number of hydrogen-bond acceptors (Lipinski definition) is 5. The van der Waals surface area contributed by atoms with Crippen LogP contribution in [0.25, 0.3) is 0 Å². The van der Waals surface area contributed by atoms with E-state index < -0.39 is 24.3 Å². The largest absolute Gasteiger partial charge is 0.490 e. The Kier molecular flexibility index (Phi) is 9.69. The van der Waals surface area contributed by atoms with Crippen molar-refractivity contribution in [3.8, 4) is 0 Å². The number of aryl methyl sites for hydroxylation is 1. The molecule has 1 aromatic rings. The highest BCUT2D eigenvalue weighted by atomic mass is 19.4. The zero-order valence-electron chi connectivity index (χ0n) is 19.3. The second-order valence-corrected chi connectivity index (χ2v) is 8.79. The molecule has 3 aliphatic rings. The number of likely N-dealkylation sites (tertiary alicyclic amines) is 2. The van der Waals surface area contributed by atoms with Gasteiger partial charge in [0, 0.05) is 43.8 Å². The molecular formula is C22H27F6N3O5. The Balaban J connectivity index is 0.000000271. The molecular weight excluding hydrogens is 500 g/mol. The zero-order valence-corrected chi connectivity index (χ0v) is 19.3. The Morgan fingerprint density at radius 3 is 1.92 bits per heavy atom. The van der Waals surface area contributed by atoms with E-state index in [2.05, 4.69) is 26.9 Å². The van der Waals surface area contributed by atoms with Crippen LogP contribution in [-0.2, 0) is 20.9 Å². The van der Waals surface area contributed by atoms with E-state index >= 15 is 0 Å². The van der Waals surface area contributed by atoms with Gasteiger partial charge in [0.05, 0.1) is 5.69 Å². The minimum atomic E-state index is -5.08. The third kappa shape index (κ3) is 8.95. The third-order valence-corrected chi connectivity index (χ3v) is 5.97. The van der Waals surface area contributed by atoms with Gasteiger partial charge in [0.25, 0.3) is 0 Å². The van der Waals surface area contributed by atoms with E-state index in [0.717, 1.165) is 50.3 Å². The maximum atomic E-state index is 12.4. The smallest absolute Gasteiger partial charge is 0.475 e. The minimum Gasteiger partial charge on any atom is -0.475 e. The molecule has 1 saturated carbocycles. The number of carboxylic acid groups (broad SMARTS) is 2. The monoisotopic (exact) mass is 527 g/mol. The summed E-state index contributed by atoms with van der Waals surface area (Å²) >= 11 is 0. The number of fused-ring (bicyclic) bond motifs is 1. The van der Waals surface area contributed by atoms with Gasteiger partial charge in [-0.25, -0.2) is 9.59 Å². The average molecular weight is 527 g/mol. The van der Waals surface area contributed by atoms with E-state index in [4.69, 9.17) is 19.8 Å². The molecule has 202 valence electrons. The fourth-order valence-corrected chi connectivity index (χ4v) is 4.16. The molecule has 0 unspecified atom stereocenters. The maximum Gasteiger partial charge on any atom is 0.490 e. The van der Waals surface area contributed by atoms with Gasteiger partial charge in [0.15, 0.2) is 0 Å². The van der Waals surface area contributed by atoms with Gasteiger partial charge in [-0.2, -0.15) is 26.3 Å². The Bertz CT molecular complexity index is 911. The summed E-state index contributed by atoms with van der Waals surface area (Å²) < 4.78 is 63.5. The maximum absolute atomic E-state index is 12.4. The molecule has 3 heterocycles. The standard InChI is InChI=1S/C18H25N3O.2C2HF3O2/c1-13-3-2-4-15(19-13)12-20-9-7-17-16(20)8-10-21(17)18(22)11-14-5-6-14;2*3-2(4,5)1(6)7/h2-4,14,16-17H,5-12H2,1H3;2*(H,6,7)/t16-,17+;;/m0../s1. The Labute approximate surface area is 202 Å². The summed E-state index contributed by atoms with van der Waals surface area (Å²) in [6.45, 7) is 5.02. The van der Waals surface area contributed by atoms with Crippen LogP contribution in [0.4, 0.5) is 26.3 Å². The lowest BCUT2D eigenvalue weighted by Crippen LogP contribution is -2.39. The van der Waals surface area contributed by atoms with Crippen molar-refractivity contribution in [3.63, 3.8) is 0 Å². The highest BCUT2D eigenvalue weighted by Gasteiger charge is 2.45. The first-order valence-electron chi connectivity index (χ1n) is 11.2. The molecule has 3 fully saturated rings. The van der Waals surface area contributed by atoms with E-state index in [1.165, 1.54) is 12.8 Å². The van der Waals surface area contributed by atoms with Crippen LogP contribution in [0.2, 0.25) is 0 Å². The predicted molar refractivity (Wildman–Crippen MR) is 113 cm³/mol. The van der Waals surface area contributed by atoms with Crippen molar-refractivity contribution in [1.29, 1.82) is 0 Å². The van der Waals surface area contributed by atoms with Gasteiger partial charge in [-0.05, 0) is 50.7 Å². The Morgan fingerprint density at radius 2 is 1.44 bits per heavy atom. The molecule has 2 N–H and O–H groups in total. The summed E-state index contributed by atoms with van der Waals surface area (Å²) in [6.07, 6.45) is -4.58. The van der Waals surface area contributed by atoms with Crippen LogP contribution < -0.4 is 0 Å². The first-order valence-corrected chi connectivity index (χ1v) is 11.2. The summed E-state index contributed by atoms with van der Waals surface area (Å²) in [5.41, 5.74) is 2.24. The highest BCUT2D eigenvalue weighted by molar-refractivity contribution is 5.77. The second-order valence-electron chi connectivity index (χ2n) is 8.79. The molecule has 0 spiro atoms. The molecule has 0 aromatic carbocycles. The van der Waals surface area contributed by atoms with E-state index in [1.807, 2.05) is 13.0 Å². The number of carboxylic acids is 2. The molecule has 36 heavy (non-hydrogen) atoms. The lowest BCUT2D eigenvalue weighted by molar-refractivity contribution is -0.193. The molecule has 2 aliphatic heterocycles. The summed E-state index contributed by atoms with van der Waals surface area (Å²) in [4.78, 5) is 39.6. The van der Waals surface area contributed by atoms with Gasteiger partial charge in [-0.15, -0.1) is 0 Å². The van der Waals surface area contributed by atoms with Crippen molar-refractivity contribution >= 4 is 17.8 Å². The molecule has 8 nitrogen and oxygen atoms in total. The number of alkyl halides is 6. The number of pyridine rings is 1. The van der Waals surface area contributed by atoms with Crippen LogP contribution >= 0.6 is 0 Å². The molecule has 1 aliphatic carbocycles. The first-order chi connectivity index (χ1) is 16.6. The van der Waals surface area contributed by atoms with Gasteiger partial charge in [0.1, 0.15) is 0 Å². The number of aromatic nitrogens is 1. The minimum absolute atomic E-state index is 0.408. The van der Waals surface area contributed by atoms with Gasteiger partial charge in [-0.3, -0.25) is 14.7 Å². The van der Waals surface area contributed by atoms with Crippen LogP contribution in [0.15, 0.2) is 18.2 Å². The number of hydrogen-bond donors (Lipinski definition) is 2. The SMILES string of the molecule is Cc1cccc(CN2CC[C@@H]3[C@@H]2CCN3C(=O)CC2CC2)n1.O=C(O)C(F)(F)F.O=C(O)C(F)(F)F. The molecule has 0 bridgehead atoms. The summed E-state index contributed by atoms with van der Waals surface area (Å²) in [7, 11) is 0. The van der Waals surface area contributed by atoms with Crippen molar-refractivity contribution in [2.45, 2.75) is 70.0 Å². The number of aliphatic carboxylic acids is 2. The van der Waals surface area contributed by atoms with Gasteiger partial charge in [0.2, 0.25) is 5.91 Å². The van der Waals surface area contributed by atoms with Crippen LogP contribution in [0.5, 0.6) is 0 Å².